The topological polar surface area (TPSA) is 62.7 Å². The highest BCUT2D eigenvalue weighted by Crippen LogP contribution is 2.29. The normalized spacial score (nSPS) is 17.5. The summed E-state index contributed by atoms with van der Waals surface area (Å²) in [5.74, 6) is -0.231. The quantitative estimate of drug-likeness (QED) is 0.709. The summed E-state index contributed by atoms with van der Waals surface area (Å²) in [7, 11) is 0. The maximum absolute atomic E-state index is 12.2. The van der Waals surface area contributed by atoms with Crippen molar-refractivity contribution in [2.75, 3.05) is 24.6 Å². The number of piperidine rings is 1. The molecule has 6 nitrogen and oxygen atoms in total. The highest BCUT2D eigenvalue weighted by Gasteiger charge is 2.27. The Morgan fingerprint density at radius 2 is 2.11 bits per heavy atom. The molecule has 27 heavy (non-hydrogen) atoms. The lowest BCUT2D eigenvalue weighted by molar-refractivity contribution is -0.150. The number of amides is 1. The Labute approximate surface area is 163 Å². The summed E-state index contributed by atoms with van der Waals surface area (Å²) in [6.45, 7) is 6.11. The van der Waals surface area contributed by atoms with Gasteiger partial charge in [-0.2, -0.15) is 0 Å². The van der Waals surface area contributed by atoms with Crippen molar-refractivity contribution in [2.45, 2.75) is 33.2 Å². The Morgan fingerprint density at radius 1 is 1.33 bits per heavy atom. The van der Waals surface area contributed by atoms with Crippen LogP contribution in [0.2, 0.25) is 0 Å². The van der Waals surface area contributed by atoms with Crippen molar-refractivity contribution in [1.82, 2.24) is 9.88 Å². The molecule has 0 saturated carbocycles. The molecule has 0 radical (unpaired) electrons. The predicted octanol–water partition coefficient (Wildman–Crippen LogP) is 3.60. The Kier molecular flexibility index (Phi) is 6.58. The zero-order chi connectivity index (χ0) is 19.2. The van der Waals surface area contributed by atoms with Crippen molar-refractivity contribution in [1.29, 1.82) is 0 Å². The molecule has 1 atom stereocenters. The van der Waals surface area contributed by atoms with E-state index in [9.17, 15) is 9.59 Å². The van der Waals surface area contributed by atoms with Crippen LogP contribution in [0.3, 0.4) is 0 Å². The molecule has 2 aromatic rings. The molecule has 1 aromatic heterocycles. The number of thiazole rings is 1. The van der Waals surface area contributed by atoms with Gasteiger partial charge in [0.1, 0.15) is 0 Å². The fourth-order valence-electron chi connectivity index (χ4n) is 3.36. The van der Waals surface area contributed by atoms with E-state index in [-0.39, 0.29) is 17.8 Å². The van der Waals surface area contributed by atoms with Crippen LogP contribution in [0, 0.1) is 5.92 Å². The number of carbonyl (C=O) groups excluding carboxylic acids is 2. The van der Waals surface area contributed by atoms with Crippen molar-refractivity contribution in [3.8, 4) is 0 Å². The second kappa shape index (κ2) is 9.10. The first-order valence-electron chi connectivity index (χ1n) is 9.27. The minimum absolute atomic E-state index is 0.0603. The summed E-state index contributed by atoms with van der Waals surface area (Å²) in [5, 5.41) is 2.66. The highest BCUT2D eigenvalue weighted by atomic mass is 32.1. The average Bonchev–Trinajstić information content (AvgIpc) is 3.10. The van der Waals surface area contributed by atoms with Gasteiger partial charge in [-0.15, -0.1) is 11.3 Å². The summed E-state index contributed by atoms with van der Waals surface area (Å²) in [6, 6.07) is 9.53. The molecular weight excluding hydrogens is 362 g/mol. The molecule has 1 fully saturated rings. The van der Waals surface area contributed by atoms with E-state index < -0.39 is 0 Å². The van der Waals surface area contributed by atoms with E-state index in [4.69, 9.17) is 4.74 Å². The standard InChI is InChI=1S/C20H25N3O3S/c1-3-26-19(25)16-8-7-11-22(12-16)13-17-14-27-20(21-17)23(15(2)24)18-9-5-4-6-10-18/h4-6,9-10,14,16H,3,7-8,11-13H2,1-2H3/t16-/m0/s1. The van der Waals surface area contributed by atoms with E-state index in [1.54, 1.807) is 11.8 Å². The third-order valence-electron chi connectivity index (χ3n) is 4.57. The molecule has 1 amide bonds. The van der Waals surface area contributed by atoms with Crippen molar-refractivity contribution < 1.29 is 14.3 Å². The molecule has 1 aliphatic rings. The third-order valence-corrected chi connectivity index (χ3v) is 5.45. The molecule has 0 spiro atoms. The van der Waals surface area contributed by atoms with Gasteiger partial charge in [0.05, 0.1) is 23.9 Å². The smallest absolute Gasteiger partial charge is 0.310 e. The molecule has 1 saturated heterocycles. The number of likely N-dealkylation sites (tertiary alicyclic amines) is 1. The molecule has 1 aromatic carbocycles. The maximum Gasteiger partial charge on any atom is 0.310 e. The number of ether oxygens (including phenoxy) is 1. The van der Waals surface area contributed by atoms with E-state index in [2.05, 4.69) is 9.88 Å². The molecular formula is C20H25N3O3S. The van der Waals surface area contributed by atoms with Gasteiger partial charge in [-0.1, -0.05) is 18.2 Å². The van der Waals surface area contributed by atoms with Crippen LogP contribution >= 0.6 is 11.3 Å². The minimum Gasteiger partial charge on any atom is -0.466 e. The minimum atomic E-state index is -0.104. The van der Waals surface area contributed by atoms with E-state index in [1.807, 2.05) is 42.6 Å². The molecule has 0 bridgehead atoms. The fourth-order valence-corrected chi connectivity index (χ4v) is 4.23. The van der Waals surface area contributed by atoms with E-state index in [0.29, 0.717) is 24.8 Å². The zero-order valence-electron chi connectivity index (χ0n) is 15.8. The molecule has 2 heterocycles. The summed E-state index contributed by atoms with van der Waals surface area (Å²) < 4.78 is 5.17. The number of hydrogen-bond donors (Lipinski definition) is 0. The largest absolute Gasteiger partial charge is 0.466 e. The molecule has 144 valence electrons. The van der Waals surface area contributed by atoms with Crippen LogP contribution in [0.5, 0.6) is 0 Å². The fraction of sp³-hybridized carbons (Fsp3) is 0.450. The monoisotopic (exact) mass is 387 g/mol. The number of rotatable bonds is 6. The SMILES string of the molecule is CCOC(=O)[C@H]1CCCN(Cc2csc(N(C(C)=O)c3ccccc3)n2)C1. The number of anilines is 2. The van der Waals surface area contributed by atoms with Crippen molar-refractivity contribution in [3.63, 3.8) is 0 Å². The van der Waals surface area contributed by atoms with Crippen molar-refractivity contribution >= 4 is 34.0 Å². The predicted molar refractivity (Wildman–Crippen MR) is 106 cm³/mol. The number of carbonyl (C=O) groups is 2. The molecule has 7 heteroatoms. The first kappa shape index (κ1) is 19.5. The van der Waals surface area contributed by atoms with Gasteiger partial charge in [0, 0.05) is 25.4 Å². The summed E-state index contributed by atoms with van der Waals surface area (Å²) in [6.07, 6.45) is 1.85. The van der Waals surface area contributed by atoms with Crippen LogP contribution in [0.1, 0.15) is 32.4 Å². The van der Waals surface area contributed by atoms with Gasteiger partial charge in [0.25, 0.3) is 0 Å². The average molecular weight is 388 g/mol. The summed E-state index contributed by atoms with van der Waals surface area (Å²) >= 11 is 1.46. The van der Waals surface area contributed by atoms with Crippen molar-refractivity contribution in [2.24, 2.45) is 5.92 Å². The molecule has 0 aliphatic carbocycles. The first-order valence-corrected chi connectivity index (χ1v) is 10.2. The second-order valence-corrected chi connectivity index (χ2v) is 7.47. The van der Waals surface area contributed by atoms with Crippen LogP contribution in [0.25, 0.3) is 0 Å². The Bertz CT molecular complexity index is 778. The lowest BCUT2D eigenvalue weighted by Crippen LogP contribution is -2.39. The molecule has 3 rings (SSSR count). The lowest BCUT2D eigenvalue weighted by atomic mass is 9.98. The summed E-state index contributed by atoms with van der Waals surface area (Å²) in [4.78, 5) is 32.7. The third kappa shape index (κ3) is 4.93. The molecule has 0 N–H and O–H groups in total. The van der Waals surface area contributed by atoms with Gasteiger partial charge in [-0.05, 0) is 38.4 Å². The van der Waals surface area contributed by atoms with E-state index in [0.717, 1.165) is 30.8 Å². The molecule has 0 unspecified atom stereocenters. The van der Waals surface area contributed by atoms with Crippen LogP contribution in [0.4, 0.5) is 10.8 Å². The van der Waals surface area contributed by atoms with Crippen LogP contribution in [0.15, 0.2) is 35.7 Å². The van der Waals surface area contributed by atoms with Gasteiger partial charge < -0.3 is 4.74 Å². The van der Waals surface area contributed by atoms with Gasteiger partial charge in [-0.3, -0.25) is 19.4 Å². The van der Waals surface area contributed by atoms with Gasteiger partial charge >= 0.3 is 5.97 Å². The first-order chi connectivity index (χ1) is 13.1. The number of nitrogens with zero attached hydrogens (tertiary/aromatic N) is 3. The lowest BCUT2D eigenvalue weighted by Gasteiger charge is -2.30. The van der Waals surface area contributed by atoms with E-state index >= 15 is 0 Å². The zero-order valence-corrected chi connectivity index (χ0v) is 16.6. The van der Waals surface area contributed by atoms with Gasteiger partial charge in [-0.25, -0.2) is 4.98 Å². The van der Waals surface area contributed by atoms with Crippen LogP contribution in [-0.2, 0) is 20.9 Å². The Hall–Kier alpha value is -2.25. The van der Waals surface area contributed by atoms with Gasteiger partial charge in [0.15, 0.2) is 5.13 Å². The number of esters is 1. The number of aromatic nitrogens is 1. The maximum atomic E-state index is 12.2. The Balaban J connectivity index is 1.68. The number of para-hydroxylation sites is 1. The highest BCUT2D eigenvalue weighted by molar-refractivity contribution is 7.14. The van der Waals surface area contributed by atoms with E-state index in [1.165, 1.54) is 11.3 Å². The van der Waals surface area contributed by atoms with Crippen LogP contribution in [-0.4, -0.2) is 41.5 Å². The second-order valence-electron chi connectivity index (χ2n) is 6.64. The van der Waals surface area contributed by atoms with Crippen LogP contribution < -0.4 is 4.90 Å². The van der Waals surface area contributed by atoms with Crippen molar-refractivity contribution in [3.05, 3.63) is 41.4 Å². The number of hydrogen-bond acceptors (Lipinski definition) is 6. The summed E-state index contributed by atoms with van der Waals surface area (Å²) in [5.41, 5.74) is 1.73. The number of benzene rings is 1. The van der Waals surface area contributed by atoms with Gasteiger partial charge in [0.2, 0.25) is 5.91 Å². The molecule has 1 aliphatic heterocycles. The Morgan fingerprint density at radius 3 is 2.81 bits per heavy atom.